The molecular formula is C14H22ClN3. The SMILES string of the molecule is CC(C)c1c(Cl)ncnc1NCC1(C)CCCC1. The van der Waals surface area contributed by atoms with Crippen molar-refractivity contribution in [1.29, 1.82) is 0 Å². The molecule has 0 spiro atoms. The topological polar surface area (TPSA) is 37.8 Å². The first-order chi connectivity index (χ1) is 8.52. The zero-order valence-corrected chi connectivity index (χ0v) is 12.2. The minimum Gasteiger partial charge on any atom is -0.369 e. The summed E-state index contributed by atoms with van der Waals surface area (Å²) in [6.07, 6.45) is 6.83. The largest absolute Gasteiger partial charge is 0.369 e. The van der Waals surface area contributed by atoms with Crippen molar-refractivity contribution < 1.29 is 0 Å². The van der Waals surface area contributed by atoms with Crippen LogP contribution >= 0.6 is 11.6 Å². The second-order valence-electron chi connectivity index (χ2n) is 5.95. The molecule has 1 saturated carbocycles. The molecular weight excluding hydrogens is 246 g/mol. The molecule has 4 heteroatoms. The number of aromatic nitrogens is 2. The summed E-state index contributed by atoms with van der Waals surface area (Å²) in [5.74, 6) is 1.23. The average molecular weight is 268 g/mol. The second kappa shape index (κ2) is 5.43. The van der Waals surface area contributed by atoms with Crippen LogP contribution in [-0.2, 0) is 0 Å². The summed E-state index contributed by atoms with van der Waals surface area (Å²) in [7, 11) is 0. The Balaban J connectivity index is 2.11. The van der Waals surface area contributed by atoms with E-state index in [4.69, 9.17) is 11.6 Å². The van der Waals surface area contributed by atoms with E-state index in [1.165, 1.54) is 32.0 Å². The first kappa shape index (κ1) is 13.6. The van der Waals surface area contributed by atoms with E-state index in [9.17, 15) is 0 Å². The normalized spacial score (nSPS) is 18.3. The van der Waals surface area contributed by atoms with Crippen LogP contribution in [0.25, 0.3) is 0 Å². The molecule has 0 radical (unpaired) electrons. The number of hydrogen-bond acceptors (Lipinski definition) is 3. The number of halogens is 1. The Bertz CT molecular complexity index is 412. The van der Waals surface area contributed by atoms with E-state index >= 15 is 0 Å². The lowest BCUT2D eigenvalue weighted by Crippen LogP contribution is -2.24. The Morgan fingerprint density at radius 3 is 2.61 bits per heavy atom. The standard InChI is InChI=1S/C14H22ClN3/c1-10(2)11-12(15)17-9-18-13(11)16-8-14(3)6-4-5-7-14/h9-10H,4-8H2,1-3H3,(H,16,17,18). The summed E-state index contributed by atoms with van der Waals surface area (Å²) < 4.78 is 0. The average Bonchev–Trinajstić information content (AvgIpc) is 2.73. The van der Waals surface area contributed by atoms with Crippen LogP contribution in [0.2, 0.25) is 5.15 Å². The van der Waals surface area contributed by atoms with Gasteiger partial charge in [0.25, 0.3) is 0 Å². The van der Waals surface area contributed by atoms with E-state index in [1.807, 2.05) is 0 Å². The Labute approximate surface area is 114 Å². The quantitative estimate of drug-likeness (QED) is 0.829. The molecule has 0 aliphatic heterocycles. The predicted molar refractivity (Wildman–Crippen MR) is 76.2 cm³/mol. The second-order valence-corrected chi connectivity index (χ2v) is 6.31. The van der Waals surface area contributed by atoms with Crippen LogP contribution in [0.3, 0.4) is 0 Å². The molecule has 1 aliphatic rings. The summed E-state index contributed by atoms with van der Waals surface area (Å²) in [6.45, 7) is 7.56. The predicted octanol–water partition coefficient (Wildman–Crippen LogP) is 4.25. The van der Waals surface area contributed by atoms with Gasteiger partial charge >= 0.3 is 0 Å². The Morgan fingerprint density at radius 1 is 1.33 bits per heavy atom. The van der Waals surface area contributed by atoms with Crippen molar-refractivity contribution in [3.63, 3.8) is 0 Å². The van der Waals surface area contributed by atoms with Gasteiger partial charge in [0.05, 0.1) is 0 Å². The van der Waals surface area contributed by atoms with E-state index in [1.54, 1.807) is 0 Å². The van der Waals surface area contributed by atoms with Gasteiger partial charge in [0.2, 0.25) is 0 Å². The first-order valence-corrected chi connectivity index (χ1v) is 7.14. The van der Waals surface area contributed by atoms with Crippen LogP contribution in [0.15, 0.2) is 6.33 Å². The Hall–Kier alpha value is -0.830. The molecule has 0 aromatic carbocycles. The molecule has 3 nitrogen and oxygen atoms in total. The van der Waals surface area contributed by atoms with Crippen LogP contribution in [0, 0.1) is 5.41 Å². The van der Waals surface area contributed by atoms with Crippen LogP contribution < -0.4 is 5.32 Å². The van der Waals surface area contributed by atoms with E-state index in [-0.39, 0.29) is 0 Å². The lowest BCUT2D eigenvalue weighted by molar-refractivity contribution is 0.361. The molecule has 2 rings (SSSR count). The molecule has 1 aliphatic carbocycles. The monoisotopic (exact) mass is 267 g/mol. The van der Waals surface area contributed by atoms with Gasteiger partial charge in [0.15, 0.2) is 0 Å². The van der Waals surface area contributed by atoms with Crippen molar-refractivity contribution >= 4 is 17.4 Å². The zero-order valence-electron chi connectivity index (χ0n) is 11.5. The van der Waals surface area contributed by atoms with Gasteiger partial charge in [-0.15, -0.1) is 0 Å². The van der Waals surface area contributed by atoms with E-state index < -0.39 is 0 Å². The Kier molecular flexibility index (Phi) is 4.10. The molecule has 1 fully saturated rings. The summed E-state index contributed by atoms with van der Waals surface area (Å²) in [5, 5.41) is 4.05. The fourth-order valence-electron chi connectivity index (χ4n) is 2.73. The maximum absolute atomic E-state index is 6.16. The van der Waals surface area contributed by atoms with E-state index in [2.05, 4.69) is 36.1 Å². The van der Waals surface area contributed by atoms with Gasteiger partial charge in [-0.1, -0.05) is 45.2 Å². The van der Waals surface area contributed by atoms with Gasteiger partial charge in [-0.25, -0.2) is 9.97 Å². The van der Waals surface area contributed by atoms with Gasteiger partial charge in [-0.05, 0) is 24.2 Å². The zero-order chi connectivity index (χ0) is 13.2. The van der Waals surface area contributed by atoms with Crippen molar-refractivity contribution in [1.82, 2.24) is 9.97 Å². The minimum atomic E-state index is 0.331. The summed E-state index contributed by atoms with van der Waals surface area (Å²) in [5.41, 5.74) is 1.44. The van der Waals surface area contributed by atoms with E-state index in [0.29, 0.717) is 16.5 Å². The van der Waals surface area contributed by atoms with Crippen molar-refractivity contribution in [3.05, 3.63) is 17.0 Å². The highest BCUT2D eigenvalue weighted by molar-refractivity contribution is 6.30. The number of nitrogens with zero attached hydrogens (tertiary/aromatic N) is 2. The minimum absolute atomic E-state index is 0.331. The molecule has 1 heterocycles. The van der Waals surface area contributed by atoms with Gasteiger partial charge in [0, 0.05) is 12.1 Å². The highest BCUT2D eigenvalue weighted by Crippen LogP contribution is 2.38. The Morgan fingerprint density at radius 2 is 2.00 bits per heavy atom. The third kappa shape index (κ3) is 2.94. The summed E-state index contributed by atoms with van der Waals surface area (Å²) in [4.78, 5) is 8.42. The molecule has 100 valence electrons. The molecule has 0 atom stereocenters. The van der Waals surface area contributed by atoms with E-state index in [0.717, 1.165) is 17.9 Å². The third-order valence-electron chi connectivity index (χ3n) is 3.91. The molecule has 0 saturated heterocycles. The fraction of sp³-hybridized carbons (Fsp3) is 0.714. The van der Waals surface area contributed by atoms with Gasteiger partial charge < -0.3 is 5.32 Å². The first-order valence-electron chi connectivity index (χ1n) is 6.76. The number of nitrogens with one attached hydrogen (secondary N) is 1. The van der Waals surface area contributed by atoms with Crippen LogP contribution in [0.5, 0.6) is 0 Å². The molecule has 1 aromatic heterocycles. The molecule has 0 amide bonds. The summed E-state index contributed by atoms with van der Waals surface area (Å²) in [6, 6.07) is 0. The van der Waals surface area contributed by atoms with Gasteiger partial charge in [-0.2, -0.15) is 0 Å². The maximum atomic E-state index is 6.16. The number of anilines is 1. The van der Waals surface area contributed by atoms with Crippen molar-refractivity contribution in [2.75, 3.05) is 11.9 Å². The van der Waals surface area contributed by atoms with Gasteiger partial charge in [0.1, 0.15) is 17.3 Å². The third-order valence-corrected chi connectivity index (χ3v) is 4.21. The maximum Gasteiger partial charge on any atom is 0.138 e. The van der Waals surface area contributed by atoms with Crippen LogP contribution in [0.4, 0.5) is 5.82 Å². The fourth-order valence-corrected chi connectivity index (χ4v) is 3.08. The molecule has 18 heavy (non-hydrogen) atoms. The van der Waals surface area contributed by atoms with Crippen LogP contribution in [-0.4, -0.2) is 16.5 Å². The molecule has 1 aromatic rings. The lowest BCUT2D eigenvalue weighted by Gasteiger charge is -2.25. The lowest BCUT2D eigenvalue weighted by atomic mass is 9.89. The highest BCUT2D eigenvalue weighted by Gasteiger charge is 2.28. The van der Waals surface area contributed by atoms with Gasteiger partial charge in [-0.3, -0.25) is 0 Å². The molecule has 0 unspecified atom stereocenters. The van der Waals surface area contributed by atoms with Crippen molar-refractivity contribution in [2.45, 2.75) is 52.4 Å². The summed E-state index contributed by atoms with van der Waals surface area (Å²) >= 11 is 6.16. The number of hydrogen-bond donors (Lipinski definition) is 1. The highest BCUT2D eigenvalue weighted by atomic mass is 35.5. The smallest absolute Gasteiger partial charge is 0.138 e. The van der Waals surface area contributed by atoms with Crippen LogP contribution in [0.1, 0.15) is 57.9 Å². The number of rotatable bonds is 4. The van der Waals surface area contributed by atoms with Crippen molar-refractivity contribution in [2.24, 2.45) is 5.41 Å². The molecule has 1 N–H and O–H groups in total. The van der Waals surface area contributed by atoms with Crippen molar-refractivity contribution in [3.8, 4) is 0 Å². The molecule has 0 bridgehead atoms.